The van der Waals surface area contributed by atoms with Gasteiger partial charge in [-0.15, -0.1) is 0 Å². The highest BCUT2D eigenvalue weighted by atomic mass is 17.2. The number of hydrogen-bond acceptors (Lipinski definition) is 10. The van der Waals surface area contributed by atoms with Crippen molar-refractivity contribution < 1.29 is 47.8 Å². The van der Waals surface area contributed by atoms with Crippen LogP contribution >= 0.6 is 0 Å². The van der Waals surface area contributed by atoms with Gasteiger partial charge in [0.2, 0.25) is 6.79 Å². The summed E-state index contributed by atoms with van der Waals surface area (Å²) in [5.74, 6) is 1.94. The van der Waals surface area contributed by atoms with Crippen molar-refractivity contribution in [3.05, 3.63) is 103 Å². The first-order chi connectivity index (χ1) is 20.5. The van der Waals surface area contributed by atoms with Crippen LogP contribution in [0.25, 0.3) is 0 Å². The van der Waals surface area contributed by atoms with E-state index in [0.29, 0.717) is 67.0 Å². The summed E-state index contributed by atoms with van der Waals surface area (Å²) in [5.41, 5.74) is 1.17. The van der Waals surface area contributed by atoms with E-state index >= 15 is 0 Å². The van der Waals surface area contributed by atoms with E-state index in [2.05, 4.69) is 18.0 Å². The van der Waals surface area contributed by atoms with Crippen LogP contribution in [0.4, 0.5) is 0 Å². The van der Waals surface area contributed by atoms with E-state index in [1.807, 2.05) is 6.92 Å². The van der Waals surface area contributed by atoms with E-state index in [1.165, 1.54) is 6.26 Å². The quantitative estimate of drug-likeness (QED) is 0.0246. The van der Waals surface area contributed by atoms with Gasteiger partial charge in [-0.25, -0.2) is 9.59 Å². The maximum absolute atomic E-state index is 12.6. The molecule has 0 fully saturated rings. The van der Waals surface area contributed by atoms with Crippen LogP contribution in [0.5, 0.6) is 28.7 Å². The molecule has 3 aromatic carbocycles. The predicted octanol–water partition coefficient (Wildman–Crippen LogP) is 5.99. The van der Waals surface area contributed by atoms with Crippen molar-refractivity contribution in [2.45, 2.75) is 19.8 Å². The molecule has 0 aliphatic rings. The third-order valence-corrected chi connectivity index (χ3v) is 5.46. The fourth-order valence-corrected chi connectivity index (χ4v) is 3.38. The molecule has 3 aromatic rings. The summed E-state index contributed by atoms with van der Waals surface area (Å²) in [5, 5.41) is 0. The first kappa shape index (κ1) is 31.6. The van der Waals surface area contributed by atoms with Crippen molar-refractivity contribution in [1.29, 1.82) is 0 Å². The highest BCUT2D eigenvalue weighted by Crippen LogP contribution is 2.25. The number of carbonyl (C=O) groups is 2. The van der Waals surface area contributed by atoms with Crippen LogP contribution in [0.15, 0.2) is 92.2 Å². The van der Waals surface area contributed by atoms with Crippen molar-refractivity contribution in [2.75, 3.05) is 33.2 Å². The van der Waals surface area contributed by atoms with Gasteiger partial charge in [0.05, 0.1) is 32.0 Å². The highest BCUT2D eigenvalue weighted by molar-refractivity contribution is 5.91. The fourth-order valence-electron chi connectivity index (χ4n) is 3.38. The Hall–Kier alpha value is -4.96. The summed E-state index contributed by atoms with van der Waals surface area (Å²) in [7, 11) is 0. The first-order valence-electron chi connectivity index (χ1n) is 13.2. The third-order valence-electron chi connectivity index (χ3n) is 5.46. The van der Waals surface area contributed by atoms with E-state index in [-0.39, 0.29) is 13.4 Å². The fraction of sp³-hybridized carbons (Fsp3) is 0.250. The molecule has 0 saturated heterocycles. The third kappa shape index (κ3) is 11.3. The van der Waals surface area contributed by atoms with Gasteiger partial charge in [-0.3, -0.25) is 0 Å². The molecule has 0 amide bonds. The molecule has 0 heterocycles. The van der Waals surface area contributed by atoms with Crippen molar-refractivity contribution >= 4 is 11.9 Å². The van der Waals surface area contributed by atoms with Gasteiger partial charge in [-0.2, -0.15) is 4.89 Å². The Labute approximate surface area is 244 Å². The lowest BCUT2D eigenvalue weighted by Gasteiger charge is -2.12. The molecule has 0 saturated carbocycles. The molecule has 0 spiro atoms. The van der Waals surface area contributed by atoms with Crippen LogP contribution in [-0.4, -0.2) is 45.2 Å². The molecule has 0 bridgehead atoms. The Balaban J connectivity index is 1.37. The Morgan fingerprint density at radius 1 is 0.714 bits per heavy atom. The number of rotatable bonds is 19. The number of esters is 2. The topological polar surface area (TPSA) is 108 Å². The van der Waals surface area contributed by atoms with E-state index in [9.17, 15) is 9.59 Å². The van der Waals surface area contributed by atoms with Crippen LogP contribution in [0, 0.1) is 6.92 Å². The average molecular weight is 579 g/mol. The molecule has 0 radical (unpaired) electrons. The lowest BCUT2D eigenvalue weighted by atomic mass is 10.2. The number of hydrogen-bond donors (Lipinski definition) is 0. The Morgan fingerprint density at radius 3 is 1.93 bits per heavy atom. The van der Waals surface area contributed by atoms with Gasteiger partial charge in [-0.05, 0) is 79.2 Å². The molecule has 42 heavy (non-hydrogen) atoms. The van der Waals surface area contributed by atoms with Gasteiger partial charge in [0.1, 0.15) is 35.0 Å². The van der Waals surface area contributed by atoms with Gasteiger partial charge >= 0.3 is 11.9 Å². The molecule has 0 aliphatic heterocycles. The average Bonchev–Trinajstić information content (AvgIpc) is 3.00. The van der Waals surface area contributed by atoms with Crippen LogP contribution < -0.4 is 23.7 Å². The summed E-state index contributed by atoms with van der Waals surface area (Å²) in [6, 6.07) is 18.8. The Kier molecular flexibility index (Phi) is 13.3. The van der Waals surface area contributed by atoms with Crippen LogP contribution in [-0.2, 0) is 19.3 Å². The summed E-state index contributed by atoms with van der Waals surface area (Å²) < 4.78 is 33.0. The van der Waals surface area contributed by atoms with Crippen LogP contribution in [0.3, 0.4) is 0 Å². The zero-order valence-corrected chi connectivity index (χ0v) is 23.5. The zero-order valence-electron chi connectivity index (χ0n) is 23.5. The molecule has 0 atom stereocenters. The number of carbonyl (C=O) groups excluding carboxylic acids is 2. The van der Waals surface area contributed by atoms with Crippen LogP contribution in [0.2, 0.25) is 0 Å². The maximum atomic E-state index is 12.6. The van der Waals surface area contributed by atoms with E-state index in [4.69, 9.17) is 33.3 Å². The Morgan fingerprint density at radius 2 is 1.31 bits per heavy atom. The molecule has 10 nitrogen and oxygen atoms in total. The maximum Gasteiger partial charge on any atom is 0.343 e. The van der Waals surface area contributed by atoms with Gasteiger partial charge in [0, 0.05) is 18.9 Å². The molecule has 222 valence electrons. The molecule has 0 aliphatic carbocycles. The minimum atomic E-state index is -0.489. The van der Waals surface area contributed by atoms with Gasteiger partial charge in [0.25, 0.3) is 0 Å². The summed E-state index contributed by atoms with van der Waals surface area (Å²) in [4.78, 5) is 33.0. The molecule has 3 rings (SSSR count). The minimum absolute atomic E-state index is 0.0150. The molecule has 10 heteroatoms. The van der Waals surface area contributed by atoms with E-state index < -0.39 is 11.9 Å². The summed E-state index contributed by atoms with van der Waals surface area (Å²) in [6.07, 6.45) is 3.53. The first-order valence-corrected chi connectivity index (χ1v) is 13.2. The molecule has 0 N–H and O–H groups in total. The second-order valence-corrected chi connectivity index (χ2v) is 8.58. The number of aryl methyl sites for hydroxylation is 1. The predicted molar refractivity (Wildman–Crippen MR) is 154 cm³/mol. The van der Waals surface area contributed by atoms with Crippen molar-refractivity contribution in [2.24, 2.45) is 0 Å². The SMILES string of the molecule is C=COOCCCOc1ccc(C(=O)Oc2ccc(OCOc3ccc(OCCCOC(=O)C=C)cc3)c(C)c2)cc1. The molecular weight excluding hydrogens is 544 g/mol. The highest BCUT2D eigenvalue weighted by Gasteiger charge is 2.11. The second-order valence-electron chi connectivity index (χ2n) is 8.58. The Bertz CT molecular complexity index is 1290. The van der Waals surface area contributed by atoms with Crippen molar-refractivity contribution in [1.82, 2.24) is 0 Å². The van der Waals surface area contributed by atoms with Crippen LogP contribution in [0.1, 0.15) is 28.8 Å². The number of benzene rings is 3. The normalized spacial score (nSPS) is 10.2. The van der Waals surface area contributed by atoms with Gasteiger partial charge in [-0.1, -0.05) is 13.2 Å². The second kappa shape index (κ2) is 17.7. The number of ether oxygens (including phenoxy) is 6. The van der Waals surface area contributed by atoms with E-state index in [1.54, 1.807) is 66.7 Å². The smallest absolute Gasteiger partial charge is 0.343 e. The lowest BCUT2D eigenvalue weighted by molar-refractivity contribution is -0.249. The van der Waals surface area contributed by atoms with E-state index in [0.717, 1.165) is 11.6 Å². The molecule has 0 unspecified atom stereocenters. The minimum Gasteiger partial charge on any atom is -0.494 e. The lowest BCUT2D eigenvalue weighted by Crippen LogP contribution is -2.09. The monoisotopic (exact) mass is 578 g/mol. The summed E-state index contributed by atoms with van der Waals surface area (Å²) in [6.45, 7) is 10.0. The van der Waals surface area contributed by atoms with Crippen molar-refractivity contribution in [3.63, 3.8) is 0 Å². The summed E-state index contributed by atoms with van der Waals surface area (Å²) >= 11 is 0. The standard InChI is InChI=1S/C32H34O10/c1-4-31(33)37-20-6-18-35-27-12-14-28(15-13-27)38-23-39-30-17-16-29(22-24(30)3)42-32(34)25-8-10-26(11-9-25)36-19-7-21-41-40-5-2/h4-5,8-17,22H,1-2,6-7,18-21,23H2,3H3. The molecular formula is C32H34O10. The van der Waals surface area contributed by atoms with Gasteiger partial charge in [0.15, 0.2) is 0 Å². The van der Waals surface area contributed by atoms with Gasteiger partial charge < -0.3 is 33.3 Å². The zero-order chi connectivity index (χ0) is 30.0. The molecule has 0 aromatic heterocycles. The largest absolute Gasteiger partial charge is 0.494 e. The van der Waals surface area contributed by atoms with Crippen molar-refractivity contribution in [3.8, 4) is 28.7 Å².